The number of hydrogen-bond acceptors (Lipinski definition) is 3. The van der Waals surface area contributed by atoms with E-state index in [1.165, 1.54) is 0 Å². The maximum atomic E-state index is 6.04. The molecule has 0 N–H and O–H groups in total. The Morgan fingerprint density at radius 2 is 2.06 bits per heavy atom. The van der Waals surface area contributed by atoms with Crippen LogP contribution in [0.5, 0.6) is 17.4 Å². The van der Waals surface area contributed by atoms with Crippen molar-refractivity contribution in [2.24, 2.45) is 0 Å². The summed E-state index contributed by atoms with van der Waals surface area (Å²) >= 11 is 6.04. The molecule has 0 aliphatic heterocycles. The van der Waals surface area contributed by atoms with Gasteiger partial charge in [-0.3, -0.25) is 0 Å². The Bertz CT molecular complexity index is 534. The molecule has 0 unspecified atom stereocenters. The lowest BCUT2D eigenvalue weighted by molar-refractivity contribution is 0.375. The van der Waals surface area contributed by atoms with E-state index >= 15 is 0 Å². The Morgan fingerprint density at radius 1 is 1.24 bits per heavy atom. The van der Waals surface area contributed by atoms with Crippen LogP contribution in [0.1, 0.15) is 0 Å². The molecule has 0 saturated heterocycles. The predicted octanol–water partition coefficient (Wildman–Crippen LogP) is 2.33. The van der Waals surface area contributed by atoms with E-state index in [9.17, 15) is 0 Å². The highest BCUT2D eigenvalue weighted by atomic mass is 35.5. The largest absolute Gasteiger partial charge is 0.493 e. The maximum Gasteiger partial charge on any atom is 0.212 e. The molecule has 0 aliphatic rings. The van der Waals surface area contributed by atoms with Crippen molar-refractivity contribution >= 4 is 24.9 Å². The number of benzene rings is 1. The summed E-state index contributed by atoms with van der Waals surface area (Å²) in [5.41, 5.74) is 0.439. The monoisotopic (exact) mass is 245 g/mol. The van der Waals surface area contributed by atoms with Crippen molar-refractivity contribution in [3.05, 3.63) is 41.6 Å². The molecule has 1 aromatic carbocycles. The molecule has 5 heteroatoms. The van der Waals surface area contributed by atoms with Gasteiger partial charge in [-0.2, -0.15) is 0 Å². The zero-order valence-electron chi connectivity index (χ0n) is 9.18. The number of para-hydroxylation sites is 1. The highest BCUT2D eigenvalue weighted by Crippen LogP contribution is 2.36. The van der Waals surface area contributed by atoms with E-state index in [-0.39, 0.29) is 0 Å². The molecular formula is C12H9BClNO2. The molecule has 0 amide bonds. The van der Waals surface area contributed by atoms with Gasteiger partial charge in [0.2, 0.25) is 5.88 Å². The minimum Gasteiger partial charge on any atom is -0.493 e. The number of halogens is 1. The van der Waals surface area contributed by atoms with E-state index < -0.39 is 0 Å². The smallest absolute Gasteiger partial charge is 0.212 e. The van der Waals surface area contributed by atoms with Crippen LogP contribution in [0.25, 0.3) is 0 Å². The third kappa shape index (κ3) is 2.53. The minimum absolute atomic E-state index is 0.305. The lowest BCUT2D eigenvalue weighted by Crippen LogP contribution is -2.08. The van der Waals surface area contributed by atoms with Crippen molar-refractivity contribution in [3.8, 4) is 17.4 Å². The van der Waals surface area contributed by atoms with Crippen LogP contribution < -0.4 is 14.9 Å². The van der Waals surface area contributed by atoms with E-state index in [2.05, 4.69) is 4.98 Å². The third-order valence-corrected chi connectivity index (χ3v) is 2.45. The zero-order valence-corrected chi connectivity index (χ0v) is 9.94. The van der Waals surface area contributed by atoms with Crippen LogP contribution in [0.4, 0.5) is 0 Å². The highest BCUT2D eigenvalue weighted by molar-refractivity contribution is 6.34. The average molecular weight is 245 g/mol. The van der Waals surface area contributed by atoms with Gasteiger partial charge in [0.05, 0.1) is 12.1 Å². The van der Waals surface area contributed by atoms with Crippen LogP contribution in [0.3, 0.4) is 0 Å². The van der Waals surface area contributed by atoms with Gasteiger partial charge >= 0.3 is 0 Å². The number of rotatable bonds is 3. The topological polar surface area (TPSA) is 31.4 Å². The second-order valence-corrected chi connectivity index (χ2v) is 3.68. The van der Waals surface area contributed by atoms with E-state index in [0.717, 1.165) is 0 Å². The highest BCUT2D eigenvalue weighted by Gasteiger charge is 2.11. The first-order valence-electron chi connectivity index (χ1n) is 4.93. The quantitative estimate of drug-likeness (QED) is 0.778. The summed E-state index contributed by atoms with van der Waals surface area (Å²) in [6, 6.07) is 8.66. The van der Waals surface area contributed by atoms with Gasteiger partial charge < -0.3 is 9.47 Å². The van der Waals surface area contributed by atoms with E-state index in [4.69, 9.17) is 28.9 Å². The molecule has 0 saturated carbocycles. The van der Waals surface area contributed by atoms with Gasteiger partial charge in [0, 0.05) is 6.20 Å². The van der Waals surface area contributed by atoms with Gasteiger partial charge in [-0.25, -0.2) is 4.98 Å². The van der Waals surface area contributed by atoms with Gasteiger partial charge in [-0.15, -0.1) is 0 Å². The molecule has 84 valence electrons. The van der Waals surface area contributed by atoms with Crippen molar-refractivity contribution in [2.45, 2.75) is 0 Å². The van der Waals surface area contributed by atoms with Crippen LogP contribution in [-0.4, -0.2) is 19.9 Å². The molecule has 0 bridgehead atoms. The van der Waals surface area contributed by atoms with Gasteiger partial charge in [0.15, 0.2) is 11.5 Å². The summed E-state index contributed by atoms with van der Waals surface area (Å²) in [5.74, 6) is 1.24. The van der Waals surface area contributed by atoms with Crippen molar-refractivity contribution in [1.29, 1.82) is 0 Å². The number of hydrogen-bond donors (Lipinski definition) is 0. The number of methoxy groups -OCH3 is 1. The van der Waals surface area contributed by atoms with Crippen LogP contribution in [0.15, 0.2) is 36.5 Å². The van der Waals surface area contributed by atoms with E-state index in [1.807, 2.05) is 0 Å². The molecule has 3 nitrogen and oxygen atoms in total. The first-order valence-corrected chi connectivity index (χ1v) is 5.31. The summed E-state index contributed by atoms with van der Waals surface area (Å²) in [6.07, 6.45) is 1.59. The number of ether oxygens (including phenoxy) is 2. The molecule has 0 aliphatic carbocycles. The Morgan fingerprint density at radius 3 is 2.76 bits per heavy atom. The van der Waals surface area contributed by atoms with E-state index in [0.29, 0.717) is 27.9 Å². The first kappa shape index (κ1) is 11.8. The lowest BCUT2D eigenvalue weighted by Gasteiger charge is -2.12. The normalized spacial score (nSPS) is 10.0. The minimum atomic E-state index is 0.305. The fraction of sp³-hybridized carbons (Fsp3) is 0.0833. The van der Waals surface area contributed by atoms with Gasteiger partial charge in [0.1, 0.15) is 7.85 Å². The van der Waals surface area contributed by atoms with Crippen molar-refractivity contribution in [3.63, 3.8) is 0 Å². The number of aromatic nitrogens is 1. The molecule has 1 aromatic heterocycles. The van der Waals surface area contributed by atoms with E-state index in [1.54, 1.807) is 43.6 Å². The summed E-state index contributed by atoms with van der Waals surface area (Å²) in [6.45, 7) is 0. The Labute approximate surface area is 106 Å². The lowest BCUT2D eigenvalue weighted by atomic mass is 9.98. The second-order valence-electron chi connectivity index (χ2n) is 3.27. The average Bonchev–Trinajstić information content (AvgIpc) is 2.34. The van der Waals surface area contributed by atoms with Crippen LogP contribution in [0.2, 0.25) is 5.02 Å². The third-order valence-electron chi connectivity index (χ3n) is 2.15. The molecule has 2 radical (unpaired) electrons. The van der Waals surface area contributed by atoms with Crippen LogP contribution >= 0.6 is 11.6 Å². The zero-order chi connectivity index (χ0) is 12.3. The Hall–Kier alpha value is -1.68. The SMILES string of the molecule is [B]c1cccnc1Oc1c(Cl)cccc1OC. The van der Waals surface area contributed by atoms with Crippen molar-refractivity contribution in [2.75, 3.05) is 7.11 Å². The summed E-state index contributed by atoms with van der Waals surface area (Å²) in [7, 11) is 7.28. The summed E-state index contributed by atoms with van der Waals surface area (Å²) < 4.78 is 10.7. The Balaban J connectivity index is 2.39. The van der Waals surface area contributed by atoms with Crippen LogP contribution in [-0.2, 0) is 0 Å². The molecule has 0 atom stereocenters. The molecule has 2 aromatic rings. The summed E-state index contributed by atoms with van der Waals surface area (Å²) in [5, 5.41) is 0.439. The van der Waals surface area contributed by atoms with Crippen LogP contribution in [0, 0.1) is 0 Å². The molecule has 17 heavy (non-hydrogen) atoms. The molecule has 1 heterocycles. The Kier molecular flexibility index (Phi) is 3.54. The second kappa shape index (κ2) is 5.10. The fourth-order valence-electron chi connectivity index (χ4n) is 1.33. The van der Waals surface area contributed by atoms with Gasteiger partial charge in [-0.05, 0) is 23.7 Å². The number of pyridine rings is 1. The molecular weight excluding hydrogens is 236 g/mol. The summed E-state index contributed by atoms with van der Waals surface area (Å²) in [4.78, 5) is 4.03. The predicted molar refractivity (Wildman–Crippen MR) is 67.7 cm³/mol. The standard InChI is InChI=1S/C12H9BClNO2/c1-16-10-6-2-5-9(14)11(10)17-12-8(13)4-3-7-15-12/h2-7H,1H3. The maximum absolute atomic E-state index is 6.04. The van der Waals surface area contributed by atoms with Gasteiger partial charge in [-0.1, -0.05) is 23.7 Å². The van der Waals surface area contributed by atoms with Crippen molar-refractivity contribution < 1.29 is 9.47 Å². The van der Waals surface area contributed by atoms with Gasteiger partial charge in [0.25, 0.3) is 0 Å². The first-order chi connectivity index (χ1) is 8.22. The molecule has 0 fully saturated rings. The fourth-order valence-corrected chi connectivity index (χ4v) is 1.54. The number of nitrogens with zero attached hydrogens (tertiary/aromatic N) is 1. The molecule has 2 rings (SSSR count). The molecule has 0 spiro atoms. The van der Waals surface area contributed by atoms with Crippen molar-refractivity contribution in [1.82, 2.24) is 4.98 Å².